The largest absolute Gasteiger partial charge is 0.494 e. The van der Waals surface area contributed by atoms with Crippen LogP contribution in [0.2, 0.25) is 0 Å². The van der Waals surface area contributed by atoms with Crippen molar-refractivity contribution in [3.63, 3.8) is 0 Å². The Bertz CT molecular complexity index is 459. The van der Waals surface area contributed by atoms with E-state index in [-0.39, 0.29) is 0 Å². The molecule has 0 aliphatic heterocycles. The minimum absolute atomic E-state index is 0.724. The van der Waals surface area contributed by atoms with E-state index < -0.39 is 0 Å². The maximum absolute atomic E-state index is 5.62. The van der Waals surface area contributed by atoms with Crippen molar-refractivity contribution in [2.75, 3.05) is 18.1 Å². The minimum Gasteiger partial charge on any atom is -0.494 e. The predicted octanol–water partition coefficient (Wildman–Crippen LogP) is 3.23. The Morgan fingerprint density at radius 3 is 2.50 bits per heavy atom. The van der Waals surface area contributed by atoms with E-state index in [1.165, 1.54) is 4.90 Å². The van der Waals surface area contributed by atoms with Crippen LogP contribution < -0.4 is 10.5 Å². The summed E-state index contributed by atoms with van der Waals surface area (Å²) in [5, 5.41) is 0. The van der Waals surface area contributed by atoms with E-state index in [1.807, 2.05) is 60.6 Å². The van der Waals surface area contributed by atoms with Crippen LogP contribution in [0.25, 0.3) is 0 Å². The molecule has 0 saturated heterocycles. The van der Waals surface area contributed by atoms with Crippen molar-refractivity contribution in [2.45, 2.75) is 11.3 Å². The number of thioether (sulfide) groups is 1. The van der Waals surface area contributed by atoms with E-state index >= 15 is 0 Å². The Hall–Kier alpha value is -1.68. The molecular weight excluding hydrogens is 244 g/mol. The van der Waals surface area contributed by atoms with Crippen LogP contribution in [0.4, 0.5) is 5.69 Å². The van der Waals surface area contributed by atoms with Crippen molar-refractivity contribution in [2.24, 2.45) is 0 Å². The van der Waals surface area contributed by atoms with E-state index in [4.69, 9.17) is 10.5 Å². The van der Waals surface area contributed by atoms with Crippen LogP contribution in [-0.2, 0) is 0 Å². The van der Waals surface area contributed by atoms with Gasteiger partial charge in [-0.15, -0.1) is 11.8 Å². The van der Waals surface area contributed by atoms with Crippen LogP contribution in [-0.4, -0.2) is 17.3 Å². The number of nitrogen functional groups attached to an aromatic ring is 1. The first-order valence-electron chi connectivity index (χ1n) is 5.86. The highest BCUT2D eigenvalue weighted by Gasteiger charge is 1.95. The van der Waals surface area contributed by atoms with Gasteiger partial charge < -0.3 is 10.5 Å². The van der Waals surface area contributed by atoms with Gasteiger partial charge in [0, 0.05) is 28.7 Å². The van der Waals surface area contributed by atoms with E-state index in [1.54, 1.807) is 0 Å². The zero-order chi connectivity index (χ0) is 12.6. The number of anilines is 1. The molecule has 0 amide bonds. The number of hydrogen-bond acceptors (Lipinski definition) is 4. The van der Waals surface area contributed by atoms with Crippen molar-refractivity contribution < 1.29 is 4.74 Å². The average Bonchev–Trinajstić information content (AvgIpc) is 2.42. The number of nitrogens with zero attached hydrogens (tertiary/aromatic N) is 1. The van der Waals surface area contributed by atoms with E-state index in [9.17, 15) is 0 Å². The van der Waals surface area contributed by atoms with Gasteiger partial charge in [0.15, 0.2) is 0 Å². The first kappa shape index (κ1) is 12.8. The number of nitrogens with two attached hydrogens (primary N) is 1. The number of ether oxygens (including phenoxy) is 1. The number of aromatic nitrogens is 1. The molecule has 1 aromatic heterocycles. The number of pyridine rings is 1. The van der Waals surface area contributed by atoms with Gasteiger partial charge in [-0.2, -0.15) is 0 Å². The molecule has 94 valence electrons. The SMILES string of the molecule is Nc1ccc(OCCCSc2ccncc2)cc1. The number of hydrogen-bond donors (Lipinski definition) is 1. The smallest absolute Gasteiger partial charge is 0.119 e. The fourth-order valence-electron chi connectivity index (χ4n) is 1.44. The molecule has 0 saturated carbocycles. The van der Waals surface area contributed by atoms with Crippen LogP contribution in [0.5, 0.6) is 5.75 Å². The van der Waals surface area contributed by atoms with Gasteiger partial charge in [-0.25, -0.2) is 0 Å². The van der Waals surface area contributed by atoms with Gasteiger partial charge in [0.05, 0.1) is 6.61 Å². The summed E-state index contributed by atoms with van der Waals surface area (Å²) >= 11 is 1.82. The van der Waals surface area contributed by atoms with Crippen molar-refractivity contribution >= 4 is 17.4 Å². The molecule has 0 bridgehead atoms. The summed E-state index contributed by atoms with van der Waals surface area (Å²) in [6.07, 6.45) is 4.64. The van der Waals surface area contributed by atoms with Gasteiger partial charge in [0.25, 0.3) is 0 Å². The van der Waals surface area contributed by atoms with Crippen molar-refractivity contribution in [1.82, 2.24) is 4.98 Å². The second-order valence-electron chi connectivity index (χ2n) is 3.80. The van der Waals surface area contributed by atoms with Gasteiger partial charge in [0.2, 0.25) is 0 Å². The van der Waals surface area contributed by atoms with Gasteiger partial charge >= 0.3 is 0 Å². The van der Waals surface area contributed by atoms with E-state index in [0.717, 1.165) is 30.2 Å². The molecule has 3 nitrogen and oxygen atoms in total. The molecule has 18 heavy (non-hydrogen) atoms. The molecular formula is C14H16N2OS. The molecule has 2 aromatic rings. The number of rotatable bonds is 6. The lowest BCUT2D eigenvalue weighted by Gasteiger charge is -2.06. The van der Waals surface area contributed by atoms with Crippen molar-refractivity contribution in [3.05, 3.63) is 48.8 Å². The van der Waals surface area contributed by atoms with Crippen LogP contribution >= 0.6 is 11.8 Å². The minimum atomic E-state index is 0.724. The molecule has 0 aliphatic rings. The molecule has 2 rings (SSSR count). The molecule has 1 heterocycles. The summed E-state index contributed by atoms with van der Waals surface area (Å²) in [6.45, 7) is 0.724. The first-order valence-corrected chi connectivity index (χ1v) is 6.84. The van der Waals surface area contributed by atoms with Crippen LogP contribution in [0, 0.1) is 0 Å². The highest BCUT2D eigenvalue weighted by molar-refractivity contribution is 7.99. The van der Waals surface area contributed by atoms with Crippen LogP contribution in [0.15, 0.2) is 53.7 Å². The monoisotopic (exact) mass is 260 g/mol. The third-order valence-electron chi connectivity index (χ3n) is 2.36. The second kappa shape index (κ2) is 6.91. The quantitative estimate of drug-likeness (QED) is 0.492. The highest BCUT2D eigenvalue weighted by atomic mass is 32.2. The standard InChI is InChI=1S/C14H16N2OS/c15-12-2-4-13(5-3-12)17-10-1-11-18-14-6-8-16-9-7-14/h2-9H,1,10-11,15H2. The predicted molar refractivity (Wildman–Crippen MR) is 75.9 cm³/mol. The van der Waals surface area contributed by atoms with Gasteiger partial charge in [0.1, 0.15) is 5.75 Å². The van der Waals surface area contributed by atoms with Crippen LogP contribution in [0.1, 0.15) is 6.42 Å². The fraction of sp³-hybridized carbons (Fsp3) is 0.214. The third-order valence-corrected chi connectivity index (χ3v) is 3.45. The lowest BCUT2D eigenvalue weighted by molar-refractivity contribution is 0.319. The maximum atomic E-state index is 5.62. The summed E-state index contributed by atoms with van der Waals surface area (Å²) in [7, 11) is 0. The molecule has 1 aromatic carbocycles. The maximum Gasteiger partial charge on any atom is 0.119 e. The summed E-state index contributed by atoms with van der Waals surface area (Å²) in [6, 6.07) is 11.5. The lowest BCUT2D eigenvalue weighted by atomic mass is 10.3. The summed E-state index contributed by atoms with van der Waals surface area (Å²) < 4.78 is 5.62. The lowest BCUT2D eigenvalue weighted by Crippen LogP contribution is -1.98. The van der Waals surface area contributed by atoms with Crippen molar-refractivity contribution in [3.8, 4) is 5.75 Å². The second-order valence-corrected chi connectivity index (χ2v) is 4.97. The van der Waals surface area contributed by atoms with Gasteiger partial charge in [-0.1, -0.05) is 0 Å². The van der Waals surface area contributed by atoms with E-state index in [0.29, 0.717) is 0 Å². The molecule has 0 fully saturated rings. The third kappa shape index (κ3) is 4.30. The van der Waals surface area contributed by atoms with Crippen LogP contribution in [0.3, 0.4) is 0 Å². The highest BCUT2D eigenvalue weighted by Crippen LogP contribution is 2.18. The summed E-state index contributed by atoms with van der Waals surface area (Å²) in [5.41, 5.74) is 6.36. The molecule has 2 N–H and O–H groups in total. The molecule has 0 spiro atoms. The normalized spacial score (nSPS) is 10.2. The Morgan fingerprint density at radius 2 is 1.78 bits per heavy atom. The first-order chi connectivity index (χ1) is 8.84. The van der Waals surface area contributed by atoms with Gasteiger partial charge in [-0.05, 0) is 42.8 Å². The van der Waals surface area contributed by atoms with Gasteiger partial charge in [-0.3, -0.25) is 4.98 Å². The molecule has 0 atom stereocenters. The summed E-state index contributed by atoms with van der Waals surface area (Å²) in [4.78, 5) is 5.24. The van der Waals surface area contributed by atoms with Crippen molar-refractivity contribution in [1.29, 1.82) is 0 Å². The molecule has 0 aliphatic carbocycles. The Kier molecular flexibility index (Phi) is 4.90. The Morgan fingerprint density at radius 1 is 1.06 bits per heavy atom. The topological polar surface area (TPSA) is 48.1 Å². The summed E-state index contributed by atoms with van der Waals surface area (Å²) in [5.74, 6) is 1.91. The Balaban J connectivity index is 1.63. The Labute approximate surface area is 111 Å². The zero-order valence-corrected chi connectivity index (χ0v) is 10.9. The number of benzene rings is 1. The average molecular weight is 260 g/mol. The fourth-order valence-corrected chi connectivity index (χ4v) is 2.25. The van der Waals surface area contributed by atoms with E-state index in [2.05, 4.69) is 4.98 Å². The molecule has 4 heteroatoms. The molecule has 0 unspecified atom stereocenters. The zero-order valence-electron chi connectivity index (χ0n) is 10.1. The molecule has 0 radical (unpaired) electrons.